The van der Waals surface area contributed by atoms with E-state index in [9.17, 15) is 18.5 Å². The first kappa shape index (κ1) is 16.3. The highest BCUT2D eigenvalue weighted by Crippen LogP contribution is 2.23. The van der Waals surface area contributed by atoms with Crippen LogP contribution in [0.3, 0.4) is 0 Å². The van der Waals surface area contributed by atoms with E-state index in [0.29, 0.717) is 19.6 Å². The molecule has 1 aliphatic heterocycles. The maximum atomic E-state index is 11.8. The molecule has 1 aromatic rings. The van der Waals surface area contributed by atoms with Crippen molar-refractivity contribution in [1.82, 2.24) is 9.62 Å². The summed E-state index contributed by atoms with van der Waals surface area (Å²) in [5.41, 5.74) is 0.898. The normalized spacial score (nSPS) is 18.0. The van der Waals surface area contributed by atoms with Crippen molar-refractivity contribution in [2.75, 3.05) is 18.8 Å². The fraction of sp³-hybridized carbons (Fsp3) is 0.667. The predicted octanol–water partition coefficient (Wildman–Crippen LogP) is 1.56. The molecule has 0 saturated carbocycles. The Labute approximate surface area is 128 Å². The second kappa shape index (κ2) is 6.82. The quantitative estimate of drug-likeness (QED) is 0.630. The second-order valence-electron chi connectivity index (χ2n) is 5.01. The zero-order valence-electron chi connectivity index (χ0n) is 11.8. The zero-order valence-corrected chi connectivity index (χ0v) is 13.5. The van der Waals surface area contributed by atoms with Gasteiger partial charge in [0.2, 0.25) is 10.0 Å². The van der Waals surface area contributed by atoms with Crippen molar-refractivity contribution in [1.29, 1.82) is 0 Å². The van der Waals surface area contributed by atoms with Crippen LogP contribution in [0.2, 0.25) is 0 Å². The number of thiophene rings is 1. The number of piperidine rings is 1. The van der Waals surface area contributed by atoms with Crippen molar-refractivity contribution in [3.05, 3.63) is 27.1 Å². The molecule has 1 saturated heterocycles. The van der Waals surface area contributed by atoms with Crippen LogP contribution in [0.5, 0.6) is 0 Å². The van der Waals surface area contributed by atoms with Crippen molar-refractivity contribution in [3.8, 4) is 0 Å². The topological polar surface area (TPSA) is 92.6 Å². The minimum absolute atomic E-state index is 0.143. The lowest BCUT2D eigenvalue weighted by molar-refractivity contribution is -0.380. The average Bonchev–Trinajstić information content (AvgIpc) is 2.95. The molecule has 1 aliphatic rings. The summed E-state index contributed by atoms with van der Waals surface area (Å²) in [6, 6.07) is 1.83. The standard InChI is InChI=1S/C12H19N3O4S2/c1-2-21(18,19)14-5-3-11(4-6-14)13-8-10-7-12(15(16)17)20-9-10/h7,9,11,13H,2-6,8H2,1H3. The van der Waals surface area contributed by atoms with E-state index < -0.39 is 10.0 Å². The van der Waals surface area contributed by atoms with E-state index in [1.165, 1.54) is 0 Å². The van der Waals surface area contributed by atoms with Gasteiger partial charge in [0.1, 0.15) is 0 Å². The first-order chi connectivity index (χ1) is 9.92. The molecule has 9 heteroatoms. The van der Waals surface area contributed by atoms with Crippen LogP contribution in [-0.4, -0.2) is 42.5 Å². The molecule has 1 fully saturated rings. The Morgan fingerprint density at radius 2 is 2.14 bits per heavy atom. The van der Waals surface area contributed by atoms with Crippen LogP contribution in [0.4, 0.5) is 5.00 Å². The molecule has 0 amide bonds. The molecule has 1 aromatic heterocycles. The Morgan fingerprint density at radius 3 is 2.67 bits per heavy atom. The van der Waals surface area contributed by atoms with Crippen LogP contribution in [0.25, 0.3) is 0 Å². The van der Waals surface area contributed by atoms with Gasteiger partial charge in [-0.15, -0.1) is 0 Å². The van der Waals surface area contributed by atoms with Crippen molar-refractivity contribution >= 4 is 26.4 Å². The average molecular weight is 333 g/mol. The number of nitrogens with zero attached hydrogens (tertiary/aromatic N) is 2. The van der Waals surface area contributed by atoms with E-state index in [1.54, 1.807) is 22.7 Å². The minimum Gasteiger partial charge on any atom is -0.310 e. The van der Waals surface area contributed by atoms with Crippen LogP contribution >= 0.6 is 11.3 Å². The third-order valence-electron chi connectivity index (χ3n) is 3.63. The van der Waals surface area contributed by atoms with Gasteiger partial charge in [0.05, 0.1) is 10.7 Å². The van der Waals surface area contributed by atoms with E-state index in [1.807, 2.05) is 0 Å². The van der Waals surface area contributed by atoms with Gasteiger partial charge in [-0.2, -0.15) is 0 Å². The number of nitrogens with one attached hydrogen (secondary N) is 1. The van der Waals surface area contributed by atoms with Crippen molar-refractivity contribution in [3.63, 3.8) is 0 Å². The minimum atomic E-state index is -3.09. The van der Waals surface area contributed by atoms with Crippen molar-refractivity contribution in [2.45, 2.75) is 32.4 Å². The number of hydrogen-bond acceptors (Lipinski definition) is 6. The van der Waals surface area contributed by atoms with Gasteiger partial charge in [-0.25, -0.2) is 12.7 Å². The number of sulfonamides is 1. The van der Waals surface area contributed by atoms with Crippen molar-refractivity contribution < 1.29 is 13.3 Å². The third kappa shape index (κ3) is 4.22. The van der Waals surface area contributed by atoms with E-state index in [-0.39, 0.29) is 21.7 Å². The smallest absolute Gasteiger partial charge is 0.310 e. The predicted molar refractivity (Wildman–Crippen MR) is 81.9 cm³/mol. The Bertz CT molecular complexity index is 591. The Morgan fingerprint density at radius 1 is 1.48 bits per heavy atom. The monoisotopic (exact) mass is 333 g/mol. The molecule has 0 aliphatic carbocycles. The molecule has 118 valence electrons. The Hall–Kier alpha value is -1.03. The highest BCUT2D eigenvalue weighted by Gasteiger charge is 2.26. The maximum Gasteiger partial charge on any atom is 0.324 e. The molecule has 0 atom stereocenters. The maximum absolute atomic E-state index is 11.8. The lowest BCUT2D eigenvalue weighted by Crippen LogP contribution is -2.45. The van der Waals surface area contributed by atoms with Gasteiger partial charge in [0, 0.05) is 37.1 Å². The summed E-state index contributed by atoms with van der Waals surface area (Å²) >= 11 is 1.12. The molecule has 7 nitrogen and oxygen atoms in total. The highest BCUT2D eigenvalue weighted by atomic mass is 32.2. The van der Waals surface area contributed by atoms with Crippen LogP contribution in [0.15, 0.2) is 11.4 Å². The second-order valence-corrected chi connectivity index (χ2v) is 8.15. The van der Waals surface area contributed by atoms with Crippen LogP contribution in [-0.2, 0) is 16.6 Å². The molecule has 1 N–H and O–H groups in total. The van der Waals surface area contributed by atoms with Gasteiger partial charge >= 0.3 is 5.00 Å². The highest BCUT2D eigenvalue weighted by molar-refractivity contribution is 7.89. The fourth-order valence-electron chi connectivity index (χ4n) is 2.33. The summed E-state index contributed by atoms with van der Waals surface area (Å²) in [4.78, 5) is 10.2. The van der Waals surface area contributed by atoms with Gasteiger partial charge in [-0.1, -0.05) is 11.3 Å². The molecule has 2 rings (SSSR count). The number of rotatable bonds is 6. The molecule has 0 aromatic carbocycles. The summed E-state index contributed by atoms with van der Waals surface area (Å²) in [7, 11) is -3.09. The molecule has 0 spiro atoms. The van der Waals surface area contributed by atoms with Gasteiger partial charge in [0.25, 0.3) is 0 Å². The number of hydrogen-bond donors (Lipinski definition) is 1. The zero-order chi connectivity index (χ0) is 15.5. The summed E-state index contributed by atoms with van der Waals surface area (Å²) in [6.07, 6.45) is 1.54. The molecule has 0 unspecified atom stereocenters. The Kier molecular flexibility index (Phi) is 5.31. The molecular formula is C12H19N3O4S2. The van der Waals surface area contributed by atoms with Crippen LogP contribution in [0.1, 0.15) is 25.3 Å². The number of nitro groups is 1. The lowest BCUT2D eigenvalue weighted by Gasteiger charge is -2.31. The van der Waals surface area contributed by atoms with Crippen LogP contribution in [0, 0.1) is 10.1 Å². The van der Waals surface area contributed by atoms with E-state index in [2.05, 4.69) is 5.32 Å². The summed E-state index contributed by atoms with van der Waals surface area (Å²) in [6.45, 7) is 3.31. The third-order valence-corrected chi connectivity index (χ3v) is 6.44. The molecule has 0 radical (unpaired) electrons. The van der Waals surface area contributed by atoms with Gasteiger partial charge in [0.15, 0.2) is 0 Å². The Balaban J connectivity index is 1.80. The fourth-order valence-corrected chi connectivity index (χ4v) is 4.20. The van der Waals surface area contributed by atoms with Gasteiger partial charge < -0.3 is 5.32 Å². The summed E-state index contributed by atoms with van der Waals surface area (Å²) in [5.74, 6) is 0.143. The van der Waals surface area contributed by atoms with Crippen LogP contribution < -0.4 is 5.32 Å². The molecular weight excluding hydrogens is 314 g/mol. The van der Waals surface area contributed by atoms with Gasteiger partial charge in [-0.3, -0.25) is 10.1 Å². The molecule has 2 heterocycles. The molecule has 0 bridgehead atoms. The lowest BCUT2D eigenvalue weighted by atomic mass is 10.1. The molecule has 21 heavy (non-hydrogen) atoms. The van der Waals surface area contributed by atoms with Gasteiger partial charge in [-0.05, 0) is 25.3 Å². The summed E-state index contributed by atoms with van der Waals surface area (Å²) < 4.78 is 25.0. The van der Waals surface area contributed by atoms with Crippen molar-refractivity contribution in [2.24, 2.45) is 0 Å². The van der Waals surface area contributed by atoms with E-state index in [0.717, 1.165) is 29.7 Å². The summed E-state index contributed by atoms with van der Waals surface area (Å²) in [5, 5.41) is 15.9. The largest absolute Gasteiger partial charge is 0.324 e. The van der Waals surface area contributed by atoms with E-state index >= 15 is 0 Å². The van der Waals surface area contributed by atoms with E-state index in [4.69, 9.17) is 0 Å². The first-order valence-electron chi connectivity index (χ1n) is 6.85. The first-order valence-corrected chi connectivity index (χ1v) is 9.34. The SMILES string of the molecule is CCS(=O)(=O)N1CCC(NCc2csc([N+](=O)[O-])c2)CC1.